The minimum atomic E-state index is -2.47. The summed E-state index contributed by atoms with van der Waals surface area (Å²) in [6.45, 7) is 5.61. The third kappa shape index (κ3) is 2.51. The van der Waals surface area contributed by atoms with Crippen molar-refractivity contribution in [3.63, 3.8) is 0 Å². The first-order valence-electron chi connectivity index (χ1n) is 4.57. The zero-order valence-electron chi connectivity index (χ0n) is 9.55. The molecule has 0 saturated carbocycles. The fourth-order valence-electron chi connectivity index (χ4n) is 0.897. The highest BCUT2D eigenvalue weighted by molar-refractivity contribution is 7.63. The van der Waals surface area contributed by atoms with Crippen molar-refractivity contribution in [1.82, 2.24) is 19.7 Å². The third-order valence-corrected chi connectivity index (χ3v) is 2.68. The lowest BCUT2D eigenvalue weighted by atomic mass is 10.1. The van der Waals surface area contributed by atoms with Crippen molar-refractivity contribution in [2.24, 2.45) is 0 Å². The molecular weight excluding hydrogens is 232 g/mol. The zero-order chi connectivity index (χ0) is 12.5. The molecule has 7 nitrogen and oxygen atoms in total. The van der Waals surface area contributed by atoms with Crippen LogP contribution < -0.4 is 0 Å². The summed E-state index contributed by atoms with van der Waals surface area (Å²) >= 11 is 0. The third-order valence-electron chi connectivity index (χ3n) is 2.16. The second-order valence-corrected chi connectivity index (χ2v) is 5.13. The zero-order valence-corrected chi connectivity index (χ0v) is 10.4. The van der Waals surface area contributed by atoms with Gasteiger partial charge in [0.15, 0.2) is 0 Å². The Balaban J connectivity index is 3.12. The molecule has 16 heavy (non-hydrogen) atoms. The molecule has 0 aliphatic carbocycles. The summed E-state index contributed by atoms with van der Waals surface area (Å²) in [5, 5.41) is 2.37. The highest BCUT2D eigenvalue weighted by atomic mass is 32.2. The summed E-state index contributed by atoms with van der Waals surface area (Å²) in [6.07, 6.45) is 1.13. The number of carbonyl (C=O) groups is 1. The number of aromatic nitrogens is 3. The van der Waals surface area contributed by atoms with Gasteiger partial charge in [0.1, 0.15) is 6.33 Å². The molecule has 0 aliphatic rings. The molecule has 0 atom stereocenters. The fourth-order valence-corrected chi connectivity index (χ4v) is 1.20. The van der Waals surface area contributed by atoms with E-state index in [0.29, 0.717) is 0 Å². The Hall–Kier alpha value is -1.57. The molecule has 0 radical (unpaired) electrons. The van der Waals surface area contributed by atoms with Crippen LogP contribution in [-0.2, 0) is 10.3 Å². The predicted molar refractivity (Wildman–Crippen MR) is 57.1 cm³/mol. The van der Waals surface area contributed by atoms with Gasteiger partial charge in [-0.25, -0.2) is 9.78 Å². The van der Waals surface area contributed by atoms with Crippen molar-refractivity contribution < 1.29 is 13.2 Å². The minimum Gasteiger partial charge on any atom is -0.321 e. The molecule has 0 aliphatic heterocycles. The number of hydrogen-bond acceptors (Lipinski definition) is 4. The van der Waals surface area contributed by atoms with Crippen molar-refractivity contribution in [1.29, 1.82) is 0 Å². The Bertz CT molecular complexity index is 553. The number of H-pyrrole nitrogens is 1. The van der Waals surface area contributed by atoms with Crippen molar-refractivity contribution in [2.45, 2.75) is 26.3 Å². The average molecular weight is 246 g/mol. The first kappa shape index (κ1) is 12.5. The van der Waals surface area contributed by atoms with E-state index in [2.05, 4.69) is 10.1 Å². The topological polar surface area (TPSA) is 88.1 Å². The molecule has 0 spiro atoms. The fraction of sp³-hybridized carbons (Fsp3) is 0.625. The highest BCUT2D eigenvalue weighted by Gasteiger charge is 2.23. The van der Waals surface area contributed by atoms with E-state index >= 15 is 0 Å². The summed E-state index contributed by atoms with van der Waals surface area (Å²) in [4.78, 5) is 16.9. The van der Waals surface area contributed by atoms with Gasteiger partial charge in [-0.1, -0.05) is 0 Å². The van der Waals surface area contributed by atoms with Crippen LogP contribution in [0.5, 0.6) is 0 Å². The summed E-state index contributed by atoms with van der Waals surface area (Å²) < 4.78 is 21.9. The second kappa shape index (κ2) is 4.12. The predicted octanol–water partition coefficient (Wildman–Crippen LogP) is 0.321. The van der Waals surface area contributed by atoms with Gasteiger partial charge in [-0.15, -0.1) is 0 Å². The van der Waals surface area contributed by atoms with E-state index in [1.165, 1.54) is 4.90 Å². The lowest BCUT2D eigenvalue weighted by molar-refractivity contribution is 0.164. The molecule has 1 N–H and O–H groups in total. The monoisotopic (exact) mass is 246 g/mol. The molecule has 1 heterocycles. The van der Waals surface area contributed by atoms with E-state index in [4.69, 9.17) is 0 Å². The standard InChI is InChI=1S/C8H14N4O3S/c1-8(2,3)11(4)7(13)12-5-9-6(10-12)16(14)15/h5,10H,1-4H3. The summed E-state index contributed by atoms with van der Waals surface area (Å²) in [7, 11) is -0.838. The van der Waals surface area contributed by atoms with Crippen LogP contribution in [0.25, 0.3) is 0 Å². The smallest absolute Gasteiger partial charge is 0.321 e. The minimum absolute atomic E-state index is 0.268. The van der Waals surface area contributed by atoms with Crippen LogP contribution in [0.1, 0.15) is 20.8 Å². The molecule has 0 bridgehead atoms. The lowest BCUT2D eigenvalue weighted by Crippen LogP contribution is -2.44. The number of aromatic amines is 1. The maximum Gasteiger partial charge on any atom is 0.344 e. The molecule has 1 rings (SSSR count). The summed E-state index contributed by atoms with van der Waals surface area (Å²) in [5.74, 6) is 0. The SMILES string of the molecule is CN(C(=O)n1cnc(=S(=O)=O)[nH]1)C(C)(C)C. The Morgan fingerprint density at radius 3 is 2.44 bits per heavy atom. The van der Waals surface area contributed by atoms with Crippen molar-refractivity contribution in [2.75, 3.05) is 7.05 Å². The summed E-state index contributed by atoms with van der Waals surface area (Å²) in [6, 6.07) is -0.378. The van der Waals surface area contributed by atoms with Gasteiger partial charge in [0, 0.05) is 12.6 Å². The Morgan fingerprint density at radius 1 is 1.50 bits per heavy atom. The maximum absolute atomic E-state index is 11.8. The van der Waals surface area contributed by atoms with Gasteiger partial charge in [-0.05, 0) is 20.8 Å². The van der Waals surface area contributed by atoms with E-state index in [1.807, 2.05) is 20.8 Å². The van der Waals surface area contributed by atoms with Crippen LogP contribution in [-0.4, -0.2) is 46.7 Å². The molecule has 1 amide bonds. The van der Waals surface area contributed by atoms with Gasteiger partial charge in [0.25, 0.3) is 15.1 Å². The molecule has 8 heteroatoms. The second-order valence-electron chi connectivity index (χ2n) is 4.28. The van der Waals surface area contributed by atoms with E-state index in [-0.39, 0.29) is 16.3 Å². The largest absolute Gasteiger partial charge is 0.344 e. The molecule has 0 saturated heterocycles. The Labute approximate surface area is 94.2 Å². The van der Waals surface area contributed by atoms with Crippen LogP contribution >= 0.6 is 0 Å². The Kier molecular flexibility index (Phi) is 3.22. The Morgan fingerprint density at radius 2 is 2.06 bits per heavy atom. The van der Waals surface area contributed by atoms with E-state index < -0.39 is 10.3 Å². The molecule has 90 valence electrons. The first-order valence-corrected chi connectivity index (χ1v) is 5.65. The van der Waals surface area contributed by atoms with Gasteiger partial charge in [-0.3, -0.25) is 5.10 Å². The van der Waals surface area contributed by atoms with Crippen molar-refractivity contribution >= 4 is 16.3 Å². The average Bonchev–Trinajstić information content (AvgIpc) is 2.62. The normalized spacial score (nSPS) is 11.2. The summed E-state index contributed by atoms with van der Waals surface area (Å²) in [5.41, 5.74) is -0.355. The van der Waals surface area contributed by atoms with Crippen LogP contribution in [0, 0.1) is 4.77 Å². The van der Waals surface area contributed by atoms with Crippen molar-refractivity contribution in [3.05, 3.63) is 11.1 Å². The van der Waals surface area contributed by atoms with Crippen molar-refractivity contribution in [3.8, 4) is 0 Å². The molecule has 1 aromatic rings. The molecule has 0 fully saturated rings. The number of nitrogens with one attached hydrogen (secondary N) is 1. The molecule has 0 unspecified atom stereocenters. The van der Waals surface area contributed by atoms with Gasteiger partial charge in [0.05, 0.1) is 0 Å². The quantitative estimate of drug-likeness (QED) is 0.668. The van der Waals surface area contributed by atoms with E-state index in [1.54, 1.807) is 7.05 Å². The van der Waals surface area contributed by atoms with Crippen LogP contribution in [0.3, 0.4) is 0 Å². The van der Waals surface area contributed by atoms with E-state index in [0.717, 1.165) is 11.0 Å². The van der Waals surface area contributed by atoms with Crippen LogP contribution in [0.4, 0.5) is 4.79 Å². The lowest BCUT2D eigenvalue weighted by Gasteiger charge is -2.31. The number of amides is 1. The number of carbonyl (C=O) groups excluding carboxylic acids is 1. The van der Waals surface area contributed by atoms with Crippen LogP contribution in [0.15, 0.2) is 6.33 Å². The molecular formula is C8H14N4O3S. The number of nitrogens with zero attached hydrogens (tertiary/aromatic N) is 3. The molecule has 1 aromatic heterocycles. The molecule has 0 aromatic carbocycles. The van der Waals surface area contributed by atoms with Gasteiger partial charge >= 0.3 is 6.03 Å². The number of rotatable bonds is 0. The highest BCUT2D eigenvalue weighted by Crippen LogP contribution is 2.11. The first-order chi connectivity index (χ1) is 7.23. The number of hydrogen-bond donors (Lipinski definition) is 1. The van der Waals surface area contributed by atoms with Crippen LogP contribution in [0.2, 0.25) is 0 Å². The van der Waals surface area contributed by atoms with Gasteiger partial charge in [0.2, 0.25) is 0 Å². The maximum atomic E-state index is 11.8. The van der Waals surface area contributed by atoms with E-state index in [9.17, 15) is 13.2 Å². The van der Waals surface area contributed by atoms with Gasteiger partial charge < -0.3 is 4.90 Å². The van der Waals surface area contributed by atoms with Gasteiger partial charge in [-0.2, -0.15) is 13.1 Å².